The molecule has 82 valence electrons. The zero-order valence-corrected chi connectivity index (χ0v) is 8.69. The fourth-order valence-corrected chi connectivity index (χ4v) is 2.18. The molecule has 0 spiro atoms. The predicted octanol–water partition coefficient (Wildman–Crippen LogP) is 1.46. The van der Waals surface area contributed by atoms with E-state index in [1.54, 1.807) is 12.1 Å². The molecule has 0 heterocycles. The van der Waals surface area contributed by atoms with Crippen LogP contribution in [0.3, 0.4) is 0 Å². The number of aliphatic hydroxyl groups excluding tert-OH is 2. The number of anilines is 1. The Labute approximate surface area is 89.5 Å². The molecule has 3 heteroatoms. The van der Waals surface area contributed by atoms with Gasteiger partial charge in [0.05, 0.1) is 12.7 Å². The summed E-state index contributed by atoms with van der Waals surface area (Å²) in [4.78, 5) is 0. The average Bonchev–Trinajstić information content (AvgIpc) is 2.18. The third kappa shape index (κ3) is 1.73. The van der Waals surface area contributed by atoms with Gasteiger partial charge in [0.2, 0.25) is 0 Å². The molecule has 1 fully saturated rings. The Bertz CT molecular complexity index is 324. The van der Waals surface area contributed by atoms with Crippen molar-refractivity contribution in [1.29, 1.82) is 0 Å². The van der Waals surface area contributed by atoms with Crippen molar-refractivity contribution in [2.75, 3.05) is 12.3 Å². The number of aliphatic hydroxyl groups is 2. The molecule has 0 aliphatic heterocycles. The molecule has 0 bridgehead atoms. The van der Waals surface area contributed by atoms with Crippen molar-refractivity contribution in [3.05, 3.63) is 29.8 Å². The minimum absolute atomic E-state index is 0.0541. The lowest BCUT2D eigenvalue weighted by atomic mass is 9.64. The molecule has 1 aromatic carbocycles. The third-order valence-corrected chi connectivity index (χ3v) is 3.50. The molecule has 2 rings (SSSR count). The van der Waals surface area contributed by atoms with E-state index in [9.17, 15) is 10.2 Å². The monoisotopic (exact) mass is 207 g/mol. The van der Waals surface area contributed by atoms with Crippen molar-refractivity contribution >= 4 is 5.69 Å². The van der Waals surface area contributed by atoms with Crippen LogP contribution in [0.2, 0.25) is 0 Å². The van der Waals surface area contributed by atoms with Crippen molar-refractivity contribution in [3.63, 3.8) is 0 Å². The smallest absolute Gasteiger partial charge is 0.0868 e. The van der Waals surface area contributed by atoms with Crippen molar-refractivity contribution in [3.8, 4) is 0 Å². The Morgan fingerprint density at radius 2 is 1.87 bits per heavy atom. The summed E-state index contributed by atoms with van der Waals surface area (Å²) >= 11 is 0. The SMILES string of the molecule is Nc1ccc(C(O)C2(CO)CCC2)cc1. The van der Waals surface area contributed by atoms with Crippen LogP contribution in [-0.2, 0) is 0 Å². The van der Waals surface area contributed by atoms with Crippen LogP contribution < -0.4 is 5.73 Å². The molecule has 0 amide bonds. The van der Waals surface area contributed by atoms with Gasteiger partial charge in [-0.1, -0.05) is 18.6 Å². The molecule has 1 unspecified atom stereocenters. The molecule has 1 aliphatic carbocycles. The Balaban J connectivity index is 2.19. The van der Waals surface area contributed by atoms with Gasteiger partial charge in [0.15, 0.2) is 0 Å². The summed E-state index contributed by atoms with van der Waals surface area (Å²) in [5.74, 6) is 0. The van der Waals surface area contributed by atoms with Gasteiger partial charge in [-0.15, -0.1) is 0 Å². The topological polar surface area (TPSA) is 66.5 Å². The van der Waals surface area contributed by atoms with E-state index < -0.39 is 6.10 Å². The van der Waals surface area contributed by atoms with Crippen LogP contribution in [0.5, 0.6) is 0 Å². The fraction of sp³-hybridized carbons (Fsp3) is 0.500. The Kier molecular flexibility index (Phi) is 2.67. The van der Waals surface area contributed by atoms with Crippen molar-refractivity contribution < 1.29 is 10.2 Å². The minimum Gasteiger partial charge on any atom is -0.399 e. The van der Waals surface area contributed by atoms with Crippen LogP contribution in [0.25, 0.3) is 0 Å². The number of nitrogens with two attached hydrogens (primary N) is 1. The molecule has 1 saturated carbocycles. The highest BCUT2D eigenvalue weighted by molar-refractivity contribution is 5.40. The first-order chi connectivity index (χ1) is 7.18. The van der Waals surface area contributed by atoms with Gasteiger partial charge in [-0.25, -0.2) is 0 Å². The molecule has 1 aromatic rings. The van der Waals surface area contributed by atoms with E-state index in [2.05, 4.69) is 0 Å². The zero-order valence-electron chi connectivity index (χ0n) is 8.69. The summed E-state index contributed by atoms with van der Waals surface area (Å²) in [5, 5.41) is 19.5. The van der Waals surface area contributed by atoms with E-state index in [0.29, 0.717) is 5.69 Å². The molecule has 3 nitrogen and oxygen atoms in total. The van der Waals surface area contributed by atoms with Crippen LogP contribution >= 0.6 is 0 Å². The molecule has 0 radical (unpaired) electrons. The first-order valence-corrected chi connectivity index (χ1v) is 5.32. The fourth-order valence-electron chi connectivity index (χ4n) is 2.18. The Hall–Kier alpha value is -1.06. The maximum absolute atomic E-state index is 10.2. The number of nitrogen functional groups attached to an aromatic ring is 1. The minimum atomic E-state index is -0.572. The molecule has 1 aliphatic rings. The standard InChI is InChI=1S/C12H17NO2/c13-10-4-2-9(3-5-10)11(15)12(8-14)6-1-7-12/h2-5,11,14-15H,1,6-8,13H2. The molecular weight excluding hydrogens is 190 g/mol. The Morgan fingerprint density at radius 3 is 2.27 bits per heavy atom. The Morgan fingerprint density at radius 1 is 1.27 bits per heavy atom. The highest BCUT2D eigenvalue weighted by Gasteiger charge is 2.43. The lowest BCUT2D eigenvalue weighted by Crippen LogP contribution is -2.39. The van der Waals surface area contributed by atoms with E-state index in [0.717, 1.165) is 24.8 Å². The predicted molar refractivity (Wildman–Crippen MR) is 59.2 cm³/mol. The van der Waals surface area contributed by atoms with Crippen LogP contribution in [0.4, 0.5) is 5.69 Å². The van der Waals surface area contributed by atoms with Gasteiger partial charge in [-0.3, -0.25) is 0 Å². The first kappa shape index (κ1) is 10.5. The molecule has 0 saturated heterocycles. The second-order valence-corrected chi connectivity index (χ2v) is 4.44. The van der Waals surface area contributed by atoms with E-state index in [1.165, 1.54) is 0 Å². The lowest BCUT2D eigenvalue weighted by molar-refractivity contribution is -0.0734. The molecule has 15 heavy (non-hydrogen) atoms. The van der Waals surface area contributed by atoms with Gasteiger partial charge in [0.1, 0.15) is 0 Å². The molecule has 4 N–H and O–H groups in total. The van der Waals surface area contributed by atoms with Crippen molar-refractivity contribution in [1.82, 2.24) is 0 Å². The van der Waals surface area contributed by atoms with E-state index in [1.807, 2.05) is 12.1 Å². The highest BCUT2D eigenvalue weighted by Crippen LogP contribution is 2.49. The number of hydrogen-bond acceptors (Lipinski definition) is 3. The maximum Gasteiger partial charge on any atom is 0.0868 e. The van der Waals surface area contributed by atoms with Gasteiger partial charge < -0.3 is 15.9 Å². The number of hydrogen-bond donors (Lipinski definition) is 3. The quantitative estimate of drug-likeness (QED) is 0.657. The second kappa shape index (κ2) is 3.83. The summed E-state index contributed by atoms with van der Waals surface area (Å²) < 4.78 is 0. The number of rotatable bonds is 3. The summed E-state index contributed by atoms with van der Waals surface area (Å²) in [6, 6.07) is 7.22. The summed E-state index contributed by atoms with van der Waals surface area (Å²) in [6.07, 6.45) is 2.31. The zero-order chi connectivity index (χ0) is 10.9. The first-order valence-electron chi connectivity index (χ1n) is 5.32. The van der Waals surface area contributed by atoms with Crippen LogP contribution in [0, 0.1) is 5.41 Å². The normalized spacial score (nSPS) is 20.7. The molecule has 0 aromatic heterocycles. The third-order valence-electron chi connectivity index (χ3n) is 3.50. The maximum atomic E-state index is 10.2. The van der Waals surface area contributed by atoms with Gasteiger partial charge in [-0.05, 0) is 30.5 Å². The van der Waals surface area contributed by atoms with E-state index in [4.69, 9.17) is 5.73 Å². The molecule has 1 atom stereocenters. The second-order valence-electron chi connectivity index (χ2n) is 4.44. The van der Waals surface area contributed by atoms with E-state index >= 15 is 0 Å². The van der Waals surface area contributed by atoms with Crippen molar-refractivity contribution in [2.24, 2.45) is 5.41 Å². The van der Waals surface area contributed by atoms with Gasteiger partial charge in [0, 0.05) is 11.1 Å². The van der Waals surface area contributed by atoms with Gasteiger partial charge in [-0.2, -0.15) is 0 Å². The summed E-state index contributed by atoms with van der Waals surface area (Å²) in [5.41, 5.74) is 6.81. The summed E-state index contributed by atoms with van der Waals surface area (Å²) in [6.45, 7) is 0.0541. The van der Waals surface area contributed by atoms with Gasteiger partial charge >= 0.3 is 0 Å². The average molecular weight is 207 g/mol. The van der Waals surface area contributed by atoms with Crippen LogP contribution in [-0.4, -0.2) is 16.8 Å². The van der Waals surface area contributed by atoms with Gasteiger partial charge in [0.25, 0.3) is 0 Å². The summed E-state index contributed by atoms with van der Waals surface area (Å²) in [7, 11) is 0. The largest absolute Gasteiger partial charge is 0.399 e. The van der Waals surface area contributed by atoms with Crippen LogP contribution in [0.15, 0.2) is 24.3 Å². The highest BCUT2D eigenvalue weighted by atomic mass is 16.3. The van der Waals surface area contributed by atoms with E-state index in [-0.39, 0.29) is 12.0 Å². The van der Waals surface area contributed by atoms with Crippen molar-refractivity contribution in [2.45, 2.75) is 25.4 Å². The number of benzene rings is 1. The lowest BCUT2D eigenvalue weighted by Gasteiger charge is -2.44. The molecular formula is C12H17NO2. The van der Waals surface area contributed by atoms with Crippen LogP contribution in [0.1, 0.15) is 30.9 Å².